The maximum Gasteiger partial charge on any atom is 0.123 e. The number of aliphatic hydroxyl groups excluding tert-OH is 1. The van der Waals surface area contributed by atoms with Crippen molar-refractivity contribution in [3.8, 4) is 0 Å². The van der Waals surface area contributed by atoms with E-state index in [2.05, 4.69) is 4.98 Å². The van der Waals surface area contributed by atoms with Crippen LogP contribution in [0.5, 0.6) is 0 Å². The fourth-order valence-electron chi connectivity index (χ4n) is 3.41. The van der Waals surface area contributed by atoms with Crippen LogP contribution in [-0.4, -0.2) is 16.2 Å². The van der Waals surface area contributed by atoms with Crippen molar-refractivity contribution in [1.29, 1.82) is 0 Å². The zero-order valence-corrected chi connectivity index (χ0v) is 11.7. The molecule has 1 aromatic heterocycles. The Morgan fingerprint density at radius 1 is 1.20 bits per heavy atom. The molecule has 1 aliphatic rings. The summed E-state index contributed by atoms with van der Waals surface area (Å²) in [6.45, 7) is 1.88. The van der Waals surface area contributed by atoms with Crippen molar-refractivity contribution >= 4 is 10.9 Å². The minimum atomic E-state index is -0.220. The molecule has 2 aromatic rings. The van der Waals surface area contributed by atoms with Crippen molar-refractivity contribution < 1.29 is 9.50 Å². The SMILES string of the molecule is CC(O)C1CCC(c2ccnc3ccc(F)cc23)CC1. The van der Waals surface area contributed by atoms with Gasteiger partial charge in [-0.25, -0.2) is 4.39 Å². The summed E-state index contributed by atoms with van der Waals surface area (Å²) in [6.07, 6.45) is 5.80. The standard InChI is InChI=1S/C17H20FNO/c1-11(20)12-2-4-13(5-3-12)15-8-9-19-17-7-6-14(18)10-16(15)17/h6-13,20H,2-5H2,1H3. The molecule has 3 heteroatoms. The van der Waals surface area contributed by atoms with Crippen LogP contribution in [-0.2, 0) is 0 Å². The van der Waals surface area contributed by atoms with Gasteiger partial charge in [0.15, 0.2) is 0 Å². The van der Waals surface area contributed by atoms with Gasteiger partial charge in [0.25, 0.3) is 0 Å². The minimum absolute atomic E-state index is 0.204. The van der Waals surface area contributed by atoms with Crippen molar-refractivity contribution in [2.24, 2.45) is 5.92 Å². The normalized spacial score (nSPS) is 24.8. The number of hydrogen-bond acceptors (Lipinski definition) is 2. The van der Waals surface area contributed by atoms with Crippen molar-refractivity contribution in [3.05, 3.63) is 41.8 Å². The first-order valence-electron chi connectivity index (χ1n) is 7.37. The average Bonchev–Trinajstić information content (AvgIpc) is 2.46. The van der Waals surface area contributed by atoms with E-state index in [1.54, 1.807) is 12.1 Å². The number of aromatic nitrogens is 1. The highest BCUT2D eigenvalue weighted by molar-refractivity contribution is 5.82. The first-order chi connectivity index (χ1) is 9.65. The first kappa shape index (κ1) is 13.5. The predicted molar refractivity (Wildman–Crippen MR) is 78.1 cm³/mol. The van der Waals surface area contributed by atoms with E-state index in [0.29, 0.717) is 11.8 Å². The second-order valence-electron chi connectivity index (χ2n) is 5.91. The van der Waals surface area contributed by atoms with Crippen LogP contribution >= 0.6 is 0 Å². The molecule has 1 atom stereocenters. The molecule has 0 saturated heterocycles. The van der Waals surface area contributed by atoms with Gasteiger partial charge in [0.05, 0.1) is 11.6 Å². The lowest BCUT2D eigenvalue weighted by Crippen LogP contribution is -2.22. The first-order valence-corrected chi connectivity index (χ1v) is 7.37. The van der Waals surface area contributed by atoms with E-state index in [4.69, 9.17) is 0 Å². The van der Waals surface area contributed by atoms with E-state index in [1.807, 2.05) is 19.2 Å². The number of nitrogens with zero attached hydrogens (tertiary/aromatic N) is 1. The van der Waals surface area contributed by atoms with Gasteiger partial charge in [-0.2, -0.15) is 0 Å². The van der Waals surface area contributed by atoms with E-state index in [-0.39, 0.29) is 11.9 Å². The summed E-state index contributed by atoms with van der Waals surface area (Å²) in [5.74, 6) is 0.665. The summed E-state index contributed by atoms with van der Waals surface area (Å²) >= 11 is 0. The van der Waals surface area contributed by atoms with Gasteiger partial charge in [0, 0.05) is 11.6 Å². The van der Waals surface area contributed by atoms with Crippen LogP contribution in [0.3, 0.4) is 0 Å². The molecule has 1 aromatic carbocycles. The summed E-state index contributed by atoms with van der Waals surface area (Å²) in [6, 6.07) is 6.83. The summed E-state index contributed by atoms with van der Waals surface area (Å²) in [5, 5.41) is 10.6. The molecule has 1 saturated carbocycles. The van der Waals surface area contributed by atoms with Crippen molar-refractivity contribution in [2.45, 2.75) is 44.6 Å². The molecule has 0 amide bonds. The third kappa shape index (κ3) is 2.55. The topological polar surface area (TPSA) is 33.1 Å². The fraction of sp³-hybridized carbons (Fsp3) is 0.471. The van der Waals surface area contributed by atoms with Crippen molar-refractivity contribution in [2.75, 3.05) is 0 Å². The van der Waals surface area contributed by atoms with E-state index >= 15 is 0 Å². The van der Waals surface area contributed by atoms with Gasteiger partial charge in [-0.1, -0.05) is 0 Å². The second-order valence-corrected chi connectivity index (χ2v) is 5.91. The molecule has 0 aliphatic heterocycles. The summed E-state index contributed by atoms with van der Waals surface area (Å²) < 4.78 is 13.5. The van der Waals surface area contributed by atoms with Gasteiger partial charge >= 0.3 is 0 Å². The molecule has 1 N–H and O–H groups in total. The zero-order valence-electron chi connectivity index (χ0n) is 11.7. The number of fused-ring (bicyclic) bond motifs is 1. The maximum absolute atomic E-state index is 13.5. The fourth-order valence-corrected chi connectivity index (χ4v) is 3.41. The Morgan fingerprint density at radius 3 is 2.65 bits per heavy atom. The number of benzene rings is 1. The van der Waals surface area contributed by atoms with Gasteiger partial charge in [-0.3, -0.25) is 4.98 Å². The average molecular weight is 273 g/mol. The molecule has 0 spiro atoms. The van der Waals surface area contributed by atoms with Crippen LogP contribution in [0, 0.1) is 11.7 Å². The smallest absolute Gasteiger partial charge is 0.123 e. The van der Waals surface area contributed by atoms with Gasteiger partial charge in [-0.15, -0.1) is 0 Å². The lowest BCUT2D eigenvalue weighted by molar-refractivity contribution is 0.0968. The lowest BCUT2D eigenvalue weighted by Gasteiger charge is -2.30. The predicted octanol–water partition coefficient (Wildman–Crippen LogP) is 4.03. The largest absolute Gasteiger partial charge is 0.393 e. The Hall–Kier alpha value is -1.48. The Morgan fingerprint density at radius 2 is 1.95 bits per heavy atom. The zero-order chi connectivity index (χ0) is 14.1. The number of rotatable bonds is 2. The molecule has 20 heavy (non-hydrogen) atoms. The van der Waals surface area contributed by atoms with Crippen LogP contribution in [0.25, 0.3) is 10.9 Å². The molecule has 0 bridgehead atoms. The van der Waals surface area contributed by atoms with Gasteiger partial charge in [0.1, 0.15) is 5.82 Å². The van der Waals surface area contributed by atoms with Crippen LogP contribution in [0.1, 0.15) is 44.1 Å². The van der Waals surface area contributed by atoms with Crippen LogP contribution in [0.4, 0.5) is 4.39 Å². The molecule has 0 radical (unpaired) electrons. The van der Waals surface area contributed by atoms with E-state index in [1.165, 1.54) is 11.6 Å². The second kappa shape index (κ2) is 5.49. The minimum Gasteiger partial charge on any atom is -0.393 e. The van der Waals surface area contributed by atoms with Crippen LogP contribution in [0.15, 0.2) is 30.5 Å². The number of aliphatic hydroxyl groups is 1. The van der Waals surface area contributed by atoms with Crippen LogP contribution in [0.2, 0.25) is 0 Å². The number of halogens is 1. The van der Waals surface area contributed by atoms with Gasteiger partial charge < -0.3 is 5.11 Å². The molecule has 2 nitrogen and oxygen atoms in total. The monoisotopic (exact) mass is 273 g/mol. The number of pyridine rings is 1. The highest BCUT2D eigenvalue weighted by Gasteiger charge is 2.26. The number of hydrogen-bond donors (Lipinski definition) is 1. The Bertz CT molecular complexity index is 603. The van der Waals surface area contributed by atoms with Crippen molar-refractivity contribution in [3.63, 3.8) is 0 Å². The molecule has 1 unspecified atom stereocenters. The summed E-state index contributed by atoms with van der Waals surface area (Å²) in [5.41, 5.74) is 2.07. The quantitative estimate of drug-likeness (QED) is 0.896. The molecule has 1 aliphatic carbocycles. The Labute approximate surface area is 118 Å². The lowest BCUT2D eigenvalue weighted by atomic mass is 9.76. The van der Waals surface area contributed by atoms with Gasteiger partial charge in [-0.05, 0) is 74.3 Å². The molecular formula is C17H20FNO. The molecule has 1 fully saturated rings. The third-order valence-electron chi connectivity index (χ3n) is 4.63. The van der Waals surface area contributed by atoms with E-state index in [9.17, 15) is 9.50 Å². The Kier molecular flexibility index (Phi) is 3.70. The summed E-state index contributed by atoms with van der Waals surface area (Å²) in [7, 11) is 0. The van der Waals surface area contributed by atoms with Crippen molar-refractivity contribution in [1.82, 2.24) is 4.98 Å². The van der Waals surface area contributed by atoms with E-state index in [0.717, 1.165) is 36.6 Å². The third-order valence-corrected chi connectivity index (χ3v) is 4.63. The summed E-state index contributed by atoms with van der Waals surface area (Å²) in [4.78, 5) is 4.31. The molecule has 106 valence electrons. The molecular weight excluding hydrogens is 253 g/mol. The van der Waals surface area contributed by atoms with E-state index < -0.39 is 0 Å². The highest BCUT2D eigenvalue weighted by atomic mass is 19.1. The molecule has 1 heterocycles. The van der Waals surface area contributed by atoms with Gasteiger partial charge in [0.2, 0.25) is 0 Å². The van der Waals surface area contributed by atoms with Crippen LogP contribution < -0.4 is 0 Å². The Balaban J connectivity index is 1.90. The molecule has 3 rings (SSSR count). The highest BCUT2D eigenvalue weighted by Crippen LogP contribution is 2.39. The maximum atomic E-state index is 13.5.